The Kier molecular flexibility index (Phi) is 5.00. The summed E-state index contributed by atoms with van der Waals surface area (Å²) >= 11 is 0. The van der Waals surface area contributed by atoms with Gasteiger partial charge in [0, 0.05) is 17.9 Å². The van der Waals surface area contributed by atoms with Crippen LogP contribution in [0.4, 0.5) is 10.1 Å². The minimum absolute atomic E-state index is 0.209. The minimum atomic E-state index is -0.335. The zero-order valence-corrected chi connectivity index (χ0v) is 11.9. The van der Waals surface area contributed by atoms with E-state index >= 15 is 0 Å². The Hall–Kier alpha value is -2.27. The molecule has 5 heteroatoms. The van der Waals surface area contributed by atoms with Crippen LogP contribution in [0.2, 0.25) is 0 Å². The molecule has 2 N–H and O–H groups in total. The zero-order valence-electron chi connectivity index (χ0n) is 11.9. The minimum Gasteiger partial charge on any atom is -0.330 e. The maximum Gasteiger partial charge on any atom is 0.276 e. The summed E-state index contributed by atoms with van der Waals surface area (Å²) in [7, 11) is 0. The molecule has 1 aromatic carbocycles. The summed E-state index contributed by atoms with van der Waals surface area (Å²) in [5.41, 5.74) is 7.31. The van der Waals surface area contributed by atoms with Crippen LogP contribution in [0, 0.1) is 12.7 Å². The van der Waals surface area contributed by atoms with Crippen LogP contribution in [-0.2, 0) is 0 Å². The van der Waals surface area contributed by atoms with Gasteiger partial charge < -0.3 is 10.6 Å². The molecule has 1 heterocycles. The third-order valence-electron chi connectivity index (χ3n) is 3.08. The summed E-state index contributed by atoms with van der Waals surface area (Å²) in [5.74, 6) is -0.544. The van der Waals surface area contributed by atoms with E-state index in [-0.39, 0.29) is 11.7 Å². The van der Waals surface area contributed by atoms with Crippen molar-refractivity contribution in [2.24, 2.45) is 5.73 Å². The Morgan fingerprint density at radius 1 is 1.24 bits per heavy atom. The number of hydrogen-bond donors (Lipinski definition) is 1. The first-order valence-corrected chi connectivity index (χ1v) is 6.83. The molecule has 0 aliphatic carbocycles. The number of benzene rings is 1. The summed E-state index contributed by atoms with van der Waals surface area (Å²) in [6.07, 6.45) is 0.662. The number of amides is 1. The number of rotatable bonds is 5. The molecule has 1 aromatic heterocycles. The Morgan fingerprint density at radius 3 is 2.57 bits per heavy atom. The molecule has 0 bridgehead atoms. The number of anilines is 1. The van der Waals surface area contributed by atoms with E-state index in [0.29, 0.717) is 30.9 Å². The van der Waals surface area contributed by atoms with E-state index in [1.54, 1.807) is 29.2 Å². The van der Waals surface area contributed by atoms with Crippen LogP contribution in [-0.4, -0.2) is 24.0 Å². The van der Waals surface area contributed by atoms with Gasteiger partial charge in [0.25, 0.3) is 5.91 Å². The van der Waals surface area contributed by atoms with Crippen LogP contribution in [0.1, 0.15) is 22.6 Å². The third kappa shape index (κ3) is 3.86. The Morgan fingerprint density at radius 2 is 1.95 bits per heavy atom. The number of halogens is 1. The first kappa shape index (κ1) is 15.1. The van der Waals surface area contributed by atoms with Crippen molar-refractivity contribution in [3.8, 4) is 0 Å². The Bertz CT molecular complexity index is 613. The van der Waals surface area contributed by atoms with Crippen LogP contribution < -0.4 is 10.6 Å². The lowest BCUT2D eigenvalue weighted by atomic mass is 10.2. The number of nitrogens with two attached hydrogens (primary N) is 1. The van der Waals surface area contributed by atoms with E-state index in [1.807, 2.05) is 13.0 Å². The van der Waals surface area contributed by atoms with E-state index in [1.165, 1.54) is 12.1 Å². The summed E-state index contributed by atoms with van der Waals surface area (Å²) < 4.78 is 13.0. The van der Waals surface area contributed by atoms with E-state index < -0.39 is 0 Å². The van der Waals surface area contributed by atoms with Crippen molar-refractivity contribution in [3.05, 3.63) is 59.7 Å². The number of nitrogens with zero attached hydrogens (tertiary/aromatic N) is 2. The molecular formula is C16H18FN3O. The monoisotopic (exact) mass is 287 g/mol. The molecule has 0 fully saturated rings. The summed E-state index contributed by atoms with van der Waals surface area (Å²) in [6.45, 7) is 2.78. The van der Waals surface area contributed by atoms with Gasteiger partial charge in [-0.1, -0.05) is 6.07 Å². The van der Waals surface area contributed by atoms with Crippen molar-refractivity contribution in [3.63, 3.8) is 0 Å². The van der Waals surface area contributed by atoms with Crippen molar-refractivity contribution >= 4 is 11.6 Å². The second-order valence-corrected chi connectivity index (χ2v) is 4.74. The largest absolute Gasteiger partial charge is 0.330 e. The number of pyridine rings is 1. The number of aromatic nitrogens is 1. The molecule has 21 heavy (non-hydrogen) atoms. The predicted octanol–water partition coefficient (Wildman–Crippen LogP) is 2.52. The van der Waals surface area contributed by atoms with Crippen molar-refractivity contribution in [2.45, 2.75) is 13.3 Å². The highest BCUT2D eigenvalue weighted by Gasteiger charge is 2.18. The van der Waals surface area contributed by atoms with Gasteiger partial charge in [-0.15, -0.1) is 0 Å². The fourth-order valence-electron chi connectivity index (χ4n) is 2.02. The predicted molar refractivity (Wildman–Crippen MR) is 80.7 cm³/mol. The molecule has 0 radical (unpaired) electrons. The fourth-order valence-corrected chi connectivity index (χ4v) is 2.02. The van der Waals surface area contributed by atoms with Gasteiger partial charge in [-0.3, -0.25) is 4.79 Å². The lowest BCUT2D eigenvalue weighted by molar-refractivity contribution is 0.0982. The fraction of sp³-hybridized carbons (Fsp3) is 0.250. The van der Waals surface area contributed by atoms with E-state index in [4.69, 9.17) is 5.73 Å². The molecule has 1 amide bonds. The second-order valence-electron chi connectivity index (χ2n) is 4.74. The lowest BCUT2D eigenvalue weighted by Gasteiger charge is -2.22. The van der Waals surface area contributed by atoms with Crippen molar-refractivity contribution in [2.75, 3.05) is 18.0 Å². The van der Waals surface area contributed by atoms with Gasteiger partial charge in [0.1, 0.15) is 11.5 Å². The van der Waals surface area contributed by atoms with Crippen molar-refractivity contribution in [1.29, 1.82) is 0 Å². The highest BCUT2D eigenvalue weighted by Crippen LogP contribution is 2.18. The molecule has 0 aliphatic heterocycles. The first-order valence-electron chi connectivity index (χ1n) is 6.83. The highest BCUT2D eigenvalue weighted by atomic mass is 19.1. The van der Waals surface area contributed by atoms with Crippen LogP contribution in [0.5, 0.6) is 0 Å². The molecule has 0 atom stereocenters. The summed E-state index contributed by atoms with van der Waals surface area (Å²) in [6, 6.07) is 11.1. The Labute approximate surface area is 123 Å². The maximum atomic E-state index is 13.0. The molecule has 2 aromatic rings. The van der Waals surface area contributed by atoms with Crippen LogP contribution in [0.3, 0.4) is 0 Å². The third-order valence-corrected chi connectivity index (χ3v) is 3.08. The van der Waals surface area contributed by atoms with E-state index in [9.17, 15) is 9.18 Å². The van der Waals surface area contributed by atoms with Gasteiger partial charge >= 0.3 is 0 Å². The van der Waals surface area contributed by atoms with E-state index in [0.717, 1.165) is 5.69 Å². The normalized spacial score (nSPS) is 10.4. The number of carbonyl (C=O) groups excluding carboxylic acids is 1. The quantitative estimate of drug-likeness (QED) is 0.919. The summed E-state index contributed by atoms with van der Waals surface area (Å²) in [4.78, 5) is 18.4. The number of carbonyl (C=O) groups is 1. The first-order chi connectivity index (χ1) is 10.1. The van der Waals surface area contributed by atoms with Crippen molar-refractivity contribution in [1.82, 2.24) is 4.98 Å². The average Bonchev–Trinajstić information content (AvgIpc) is 2.49. The average molecular weight is 287 g/mol. The molecular weight excluding hydrogens is 269 g/mol. The van der Waals surface area contributed by atoms with Crippen LogP contribution in [0.15, 0.2) is 42.5 Å². The van der Waals surface area contributed by atoms with Gasteiger partial charge in [0.15, 0.2) is 0 Å². The molecule has 2 rings (SSSR count). The Balaban J connectivity index is 2.31. The van der Waals surface area contributed by atoms with Gasteiger partial charge in [0.05, 0.1) is 0 Å². The molecule has 0 spiro atoms. The number of aryl methyl sites for hydroxylation is 1. The second kappa shape index (κ2) is 6.95. The van der Waals surface area contributed by atoms with Gasteiger partial charge in [-0.2, -0.15) is 0 Å². The maximum absolute atomic E-state index is 13.0. The number of hydrogen-bond acceptors (Lipinski definition) is 3. The molecule has 0 saturated carbocycles. The topological polar surface area (TPSA) is 59.2 Å². The van der Waals surface area contributed by atoms with E-state index in [2.05, 4.69) is 4.98 Å². The van der Waals surface area contributed by atoms with Crippen LogP contribution in [0.25, 0.3) is 0 Å². The molecule has 0 unspecified atom stereocenters. The SMILES string of the molecule is Cc1cccc(C(=O)N(CCCN)c2ccc(F)cc2)n1. The van der Waals surface area contributed by atoms with Gasteiger partial charge in [-0.25, -0.2) is 9.37 Å². The molecule has 0 aliphatic rings. The smallest absolute Gasteiger partial charge is 0.276 e. The van der Waals surface area contributed by atoms with Gasteiger partial charge in [-0.05, 0) is 56.3 Å². The standard InChI is InChI=1S/C16H18FN3O/c1-12-4-2-5-15(19-12)16(21)20(11-3-10-18)14-8-6-13(17)7-9-14/h2,4-9H,3,10-11,18H2,1H3. The van der Waals surface area contributed by atoms with Crippen molar-refractivity contribution < 1.29 is 9.18 Å². The molecule has 110 valence electrons. The molecule has 4 nitrogen and oxygen atoms in total. The van der Waals surface area contributed by atoms with Gasteiger partial charge in [0.2, 0.25) is 0 Å². The lowest BCUT2D eigenvalue weighted by Crippen LogP contribution is -2.33. The zero-order chi connectivity index (χ0) is 15.2. The molecule has 0 saturated heterocycles. The summed E-state index contributed by atoms with van der Waals surface area (Å²) in [5, 5.41) is 0. The van der Waals surface area contributed by atoms with Crippen LogP contribution >= 0.6 is 0 Å². The highest BCUT2D eigenvalue weighted by molar-refractivity contribution is 6.04.